The minimum absolute atomic E-state index is 0.0759. The van der Waals surface area contributed by atoms with Crippen LogP contribution in [0.2, 0.25) is 0 Å². The number of nitrogens with zero attached hydrogens (tertiary/aromatic N) is 1. The summed E-state index contributed by atoms with van der Waals surface area (Å²) in [5.74, 6) is 0.882. The van der Waals surface area contributed by atoms with Crippen molar-refractivity contribution in [3.63, 3.8) is 0 Å². The summed E-state index contributed by atoms with van der Waals surface area (Å²) < 4.78 is 0. The summed E-state index contributed by atoms with van der Waals surface area (Å²) in [5, 5.41) is 0. The Kier molecular flexibility index (Phi) is 4.62. The van der Waals surface area contributed by atoms with Crippen LogP contribution in [0.5, 0.6) is 0 Å². The molecule has 0 aromatic carbocycles. The molecule has 2 aliphatic rings. The maximum Gasteiger partial charge on any atom is 0.226 e. The van der Waals surface area contributed by atoms with Crippen LogP contribution < -0.4 is 11.5 Å². The fourth-order valence-electron chi connectivity index (χ4n) is 3.63. The Bertz CT molecular complexity index is 293. The molecule has 1 saturated carbocycles. The van der Waals surface area contributed by atoms with Crippen LogP contribution in [-0.4, -0.2) is 36.0 Å². The van der Waals surface area contributed by atoms with E-state index in [9.17, 15) is 4.79 Å². The number of piperidine rings is 1. The van der Waals surface area contributed by atoms with Crippen LogP contribution in [0.25, 0.3) is 0 Å². The SMILES string of the molecule is CC(N)C1CCCCN1C(=O)[C@@H]1CCC[C@@H]1CN. The van der Waals surface area contributed by atoms with Crippen LogP contribution in [0, 0.1) is 11.8 Å². The van der Waals surface area contributed by atoms with Crippen molar-refractivity contribution in [1.82, 2.24) is 4.90 Å². The molecule has 4 N–H and O–H groups in total. The van der Waals surface area contributed by atoms with Crippen molar-refractivity contribution in [1.29, 1.82) is 0 Å². The molecule has 0 bridgehead atoms. The molecule has 4 heteroatoms. The third-order valence-corrected chi connectivity index (χ3v) is 4.72. The highest BCUT2D eigenvalue weighted by Crippen LogP contribution is 2.34. The van der Waals surface area contributed by atoms with E-state index in [0.29, 0.717) is 18.4 Å². The standard InChI is InChI=1S/C14H27N3O/c1-10(16)13-7-2-3-8-17(13)14(18)12-6-4-5-11(12)9-15/h10-13H,2-9,15-16H2,1H3/t10?,11-,12-,13?/m1/s1. The number of hydrogen-bond donors (Lipinski definition) is 2. The topological polar surface area (TPSA) is 72.3 Å². The zero-order chi connectivity index (χ0) is 13.1. The molecule has 2 fully saturated rings. The molecule has 104 valence electrons. The first-order chi connectivity index (χ1) is 8.65. The Balaban J connectivity index is 2.06. The molecule has 18 heavy (non-hydrogen) atoms. The van der Waals surface area contributed by atoms with Gasteiger partial charge in [0, 0.05) is 24.5 Å². The fourth-order valence-corrected chi connectivity index (χ4v) is 3.63. The molecule has 0 spiro atoms. The van der Waals surface area contributed by atoms with Crippen molar-refractivity contribution in [3.8, 4) is 0 Å². The maximum absolute atomic E-state index is 12.7. The highest BCUT2D eigenvalue weighted by molar-refractivity contribution is 5.80. The quantitative estimate of drug-likeness (QED) is 0.791. The lowest BCUT2D eigenvalue weighted by atomic mass is 9.90. The third-order valence-electron chi connectivity index (χ3n) is 4.72. The largest absolute Gasteiger partial charge is 0.338 e. The van der Waals surface area contributed by atoms with Gasteiger partial charge in [0.2, 0.25) is 5.91 Å². The van der Waals surface area contributed by atoms with Crippen LogP contribution >= 0.6 is 0 Å². The highest BCUT2D eigenvalue weighted by atomic mass is 16.2. The second-order valence-electron chi connectivity index (χ2n) is 5.99. The monoisotopic (exact) mass is 253 g/mol. The molecule has 0 aromatic heterocycles. The van der Waals surface area contributed by atoms with Crippen LogP contribution in [0.15, 0.2) is 0 Å². The number of carbonyl (C=O) groups excluding carboxylic acids is 1. The first kappa shape index (κ1) is 13.8. The predicted octanol–water partition coefficient (Wildman–Crippen LogP) is 1.09. The predicted molar refractivity (Wildman–Crippen MR) is 72.9 cm³/mol. The summed E-state index contributed by atoms with van der Waals surface area (Å²) >= 11 is 0. The van der Waals surface area contributed by atoms with Gasteiger partial charge < -0.3 is 16.4 Å². The average Bonchev–Trinajstić information content (AvgIpc) is 2.86. The van der Waals surface area contributed by atoms with Gasteiger partial charge in [-0.2, -0.15) is 0 Å². The molecule has 1 aliphatic heterocycles. The smallest absolute Gasteiger partial charge is 0.226 e. The summed E-state index contributed by atoms with van der Waals surface area (Å²) in [6, 6.07) is 0.317. The zero-order valence-corrected chi connectivity index (χ0v) is 11.5. The molecule has 2 rings (SSSR count). The number of rotatable bonds is 3. The fraction of sp³-hybridized carbons (Fsp3) is 0.929. The highest BCUT2D eigenvalue weighted by Gasteiger charge is 2.38. The Hall–Kier alpha value is -0.610. The third kappa shape index (κ3) is 2.69. The Morgan fingerprint density at radius 2 is 2.06 bits per heavy atom. The van der Waals surface area contributed by atoms with Crippen molar-refractivity contribution < 1.29 is 4.79 Å². The summed E-state index contributed by atoms with van der Waals surface area (Å²) in [4.78, 5) is 14.8. The number of nitrogens with two attached hydrogens (primary N) is 2. The molecule has 1 amide bonds. The lowest BCUT2D eigenvalue weighted by Gasteiger charge is -2.40. The van der Waals surface area contributed by atoms with E-state index in [2.05, 4.69) is 4.90 Å². The number of carbonyl (C=O) groups is 1. The number of hydrogen-bond acceptors (Lipinski definition) is 3. The van der Waals surface area contributed by atoms with Gasteiger partial charge in [0.05, 0.1) is 0 Å². The maximum atomic E-state index is 12.7. The van der Waals surface area contributed by atoms with E-state index in [1.807, 2.05) is 6.92 Å². The minimum atomic E-state index is 0.0759. The van der Waals surface area contributed by atoms with Gasteiger partial charge in [-0.15, -0.1) is 0 Å². The van der Waals surface area contributed by atoms with Gasteiger partial charge in [0.15, 0.2) is 0 Å². The summed E-state index contributed by atoms with van der Waals surface area (Å²) in [7, 11) is 0. The van der Waals surface area contributed by atoms with Crippen molar-refractivity contribution in [2.45, 2.75) is 57.5 Å². The molecular weight excluding hydrogens is 226 g/mol. The van der Waals surface area contributed by atoms with Gasteiger partial charge in [0.1, 0.15) is 0 Å². The molecule has 0 aromatic rings. The van der Waals surface area contributed by atoms with Crippen LogP contribution in [0.1, 0.15) is 45.4 Å². The Morgan fingerprint density at radius 3 is 2.72 bits per heavy atom. The first-order valence-electron chi connectivity index (χ1n) is 7.41. The zero-order valence-electron chi connectivity index (χ0n) is 11.5. The van der Waals surface area contributed by atoms with Crippen LogP contribution in [0.3, 0.4) is 0 Å². The van der Waals surface area contributed by atoms with Crippen LogP contribution in [0.4, 0.5) is 0 Å². The van der Waals surface area contributed by atoms with Gasteiger partial charge in [-0.1, -0.05) is 6.42 Å². The minimum Gasteiger partial charge on any atom is -0.338 e. The number of amides is 1. The molecule has 4 nitrogen and oxygen atoms in total. The normalized spacial score (nSPS) is 34.6. The Labute approximate surface area is 110 Å². The average molecular weight is 253 g/mol. The van der Waals surface area contributed by atoms with Gasteiger partial charge in [-0.3, -0.25) is 4.79 Å². The van der Waals surface area contributed by atoms with E-state index in [4.69, 9.17) is 11.5 Å². The molecule has 2 unspecified atom stereocenters. The van der Waals surface area contributed by atoms with Crippen molar-refractivity contribution in [2.24, 2.45) is 23.3 Å². The van der Waals surface area contributed by atoms with Crippen molar-refractivity contribution in [2.75, 3.05) is 13.1 Å². The first-order valence-corrected chi connectivity index (χ1v) is 7.41. The van der Waals surface area contributed by atoms with E-state index in [1.165, 1.54) is 6.42 Å². The van der Waals surface area contributed by atoms with E-state index in [0.717, 1.165) is 38.6 Å². The van der Waals surface area contributed by atoms with E-state index < -0.39 is 0 Å². The lowest BCUT2D eigenvalue weighted by Crippen LogP contribution is -2.54. The summed E-state index contributed by atoms with van der Waals surface area (Å²) in [6.45, 7) is 3.55. The number of likely N-dealkylation sites (tertiary alicyclic amines) is 1. The molecule has 4 atom stereocenters. The molecular formula is C14H27N3O. The van der Waals surface area contributed by atoms with Gasteiger partial charge in [-0.05, 0) is 51.5 Å². The van der Waals surface area contributed by atoms with Crippen molar-refractivity contribution in [3.05, 3.63) is 0 Å². The Morgan fingerprint density at radius 1 is 1.28 bits per heavy atom. The summed E-state index contributed by atoms with van der Waals surface area (Å²) in [6.07, 6.45) is 6.65. The van der Waals surface area contributed by atoms with E-state index >= 15 is 0 Å². The van der Waals surface area contributed by atoms with E-state index in [1.54, 1.807) is 0 Å². The molecule has 1 heterocycles. The molecule has 1 saturated heterocycles. The second-order valence-corrected chi connectivity index (χ2v) is 5.99. The summed E-state index contributed by atoms with van der Waals surface area (Å²) in [5.41, 5.74) is 11.8. The van der Waals surface area contributed by atoms with Crippen LogP contribution in [-0.2, 0) is 4.79 Å². The van der Waals surface area contributed by atoms with E-state index in [-0.39, 0.29) is 18.0 Å². The van der Waals surface area contributed by atoms with Gasteiger partial charge in [-0.25, -0.2) is 0 Å². The second kappa shape index (κ2) is 6.02. The molecule has 0 radical (unpaired) electrons. The molecule has 1 aliphatic carbocycles. The lowest BCUT2D eigenvalue weighted by molar-refractivity contribution is -0.140. The van der Waals surface area contributed by atoms with Gasteiger partial charge in [0.25, 0.3) is 0 Å². The van der Waals surface area contributed by atoms with Gasteiger partial charge >= 0.3 is 0 Å². The van der Waals surface area contributed by atoms with Crippen molar-refractivity contribution >= 4 is 5.91 Å².